The number of thiophene rings is 1. The average Bonchev–Trinajstić information content (AvgIpc) is 3.22. The minimum Gasteiger partial charge on any atom is -0.328 e. The molecule has 2 aromatic heterocycles. The van der Waals surface area contributed by atoms with Gasteiger partial charge in [0.15, 0.2) is 0 Å². The lowest BCUT2D eigenvalue weighted by molar-refractivity contribution is 0.581. The summed E-state index contributed by atoms with van der Waals surface area (Å²) in [6, 6.07) is 9.60. The first kappa shape index (κ1) is 17.8. The molecule has 0 saturated heterocycles. The number of hydrogen-bond acceptors (Lipinski definition) is 4. The van der Waals surface area contributed by atoms with Crippen molar-refractivity contribution in [1.82, 2.24) is 14.3 Å². The van der Waals surface area contributed by atoms with E-state index in [1.165, 1.54) is 23.5 Å². The average molecular weight is 379 g/mol. The zero-order valence-electron chi connectivity index (χ0n) is 13.6. The van der Waals surface area contributed by atoms with Crippen LogP contribution >= 0.6 is 11.3 Å². The van der Waals surface area contributed by atoms with Crippen molar-refractivity contribution in [3.8, 4) is 0 Å². The molecule has 0 spiro atoms. The van der Waals surface area contributed by atoms with Gasteiger partial charge in [0.05, 0.1) is 0 Å². The number of halogens is 1. The molecule has 8 heteroatoms. The molecule has 0 unspecified atom stereocenters. The molecule has 25 heavy (non-hydrogen) atoms. The highest BCUT2D eigenvalue weighted by molar-refractivity contribution is 7.91. The minimum absolute atomic E-state index is 0.264. The zero-order valence-corrected chi connectivity index (χ0v) is 15.3. The van der Waals surface area contributed by atoms with Crippen LogP contribution in [0.5, 0.6) is 0 Å². The van der Waals surface area contributed by atoms with Crippen molar-refractivity contribution in [1.29, 1.82) is 0 Å². The van der Waals surface area contributed by atoms with Crippen LogP contribution in [0.3, 0.4) is 0 Å². The Morgan fingerprint density at radius 3 is 2.68 bits per heavy atom. The largest absolute Gasteiger partial charge is 0.328 e. The predicted octanol–water partition coefficient (Wildman–Crippen LogP) is 2.96. The van der Waals surface area contributed by atoms with Gasteiger partial charge < -0.3 is 4.57 Å². The summed E-state index contributed by atoms with van der Waals surface area (Å²) in [5.74, 6) is 0.519. The molecule has 132 valence electrons. The van der Waals surface area contributed by atoms with Gasteiger partial charge in [-0.2, -0.15) is 0 Å². The molecule has 0 aliphatic heterocycles. The van der Waals surface area contributed by atoms with Gasteiger partial charge in [0.2, 0.25) is 10.0 Å². The van der Waals surface area contributed by atoms with Gasteiger partial charge in [-0.05, 0) is 36.1 Å². The molecule has 0 saturated carbocycles. The van der Waals surface area contributed by atoms with Crippen molar-refractivity contribution >= 4 is 21.4 Å². The highest BCUT2D eigenvalue weighted by Gasteiger charge is 2.15. The Labute approximate surface area is 150 Å². The fraction of sp³-hybridized carbons (Fsp3) is 0.235. The first-order chi connectivity index (χ1) is 12.0. The lowest BCUT2D eigenvalue weighted by atomic mass is 10.2. The Kier molecular flexibility index (Phi) is 5.31. The molecule has 0 amide bonds. The summed E-state index contributed by atoms with van der Waals surface area (Å²) in [5, 5.41) is 1.73. The lowest BCUT2D eigenvalue weighted by Gasteiger charge is -2.11. The number of aromatic nitrogens is 2. The predicted molar refractivity (Wildman–Crippen MR) is 95.7 cm³/mol. The second-order valence-electron chi connectivity index (χ2n) is 5.61. The summed E-state index contributed by atoms with van der Waals surface area (Å²) >= 11 is 1.18. The number of aryl methyl sites for hydroxylation is 1. The summed E-state index contributed by atoms with van der Waals surface area (Å²) in [6.07, 6.45) is 2.23. The molecule has 1 N–H and O–H groups in total. The number of nitrogens with zero attached hydrogens (tertiary/aromatic N) is 2. The van der Waals surface area contributed by atoms with Gasteiger partial charge >= 0.3 is 0 Å². The van der Waals surface area contributed by atoms with Crippen LogP contribution in [0.2, 0.25) is 0 Å². The van der Waals surface area contributed by atoms with E-state index in [1.807, 2.05) is 11.5 Å². The van der Waals surface area contributed by atoms with Crippen LogP contribution in [-0.4, -0.2) is 24.5 Å². The number of rotatable bonds is 7. The highest BCUT2D eigenvalue weighted by atomic mass is 32.2. The Morgan fingerprint density at radius 2 is 2.00 bits per heavy atom. The zero-order chi connectivity index (χ0) is 17.9. The first-order valence-electron chi connectivity index (χ1n) is 7.74. The van der Waals surface area contributed by atoms with E-state index < -0.39 is 10.0 Å². The van der Waals surface area contributed by atoms with E-state index in [0.717, 1.165) is 17.1 Å². The lowest BCUT2D eigenvalue weighted by Crippen LogP contribution is -2.26. The van der Waals surface area contributed by atoms with E-state index in [0.29, 0.717) is 17.2 Å². The topological polar surface area (TPSA) is 64.0 Å². The van der Waals surface area contributed by atoms with E-state index >= 15 is 0 Å². The Bertz CT molecular complexity index is 933. The second kappa shape index (κ2) is 7.47. The quantitative estimate of drug-likeness (QED) is 0.686. The first-order valence-corrected chi connectivity index (χ1v) is 10.1. The molecular formula is C17H18FN3O2S2. The van der Waals surface area contributed by atoms with Gasteiger partial charge in [0.25, 0.3) is 0 Å². The third-order valence-corrected chi connectivity index (χ3v) is 6.65. The number of imidazole rings is 1. The second-order valence-corrected chi connectivity index (χ2v) is 8.55. The normalized spacial score (nSPS) is 11.8. The third-order valence-electron chi connectivity index (χ3n) is 3.79. The van der Waals surface area contributed by atoms with E-state index in [4.69, 9.17) is 0 Å². The maximum Gasteiger partial charge on any atom is 0.250 e. The molecular weight excluding hydrogens is 361 g/mol. The van der Waals surface area contributed by atoms with Gasteiger partial charge in [0, 0.05) is 31.4 Å². The van der Waals surface area contributed by atoms with Crippen LogP contribution in [-0.2, 0) is 23.0 Å². The highest BCUT2D eigenvalue weighted by Crippen LogP contribution is 2.15. The molecule has 0 aliphatic rings. The summed E-state index contributed by atoms with van der Waals surface area (Å²) in [4.78, 5) is 4.37. The van der Waals surface area contributed by atoms with E-state index in [-0.39, 0.29) is 12.4 Å². The van der Waals surface area contributed by atoms with Crippen molar-refractivity contribution in [3.63, 3.8) is 0 Å². The number of hydrogen-bond donors (Lipinski definition) is 1. The van der Waals surface area contributed by atoms with Crippen LogP contribution in [0.1, 0.15) is 17.1 Å². The standard InChI is InChI=1S/C17H18FN3O2S2/c1-13-11-19-16(21(13)12-14-4-6-15(18)7-5-14)8-9-20-25(22,23)17-3-2-10-24-17/h2-7,10-11,20H,8-9,12H2,1H3. The molecule has 0 radical (unpaired) electrons. The molecule has 0 fully saturated rings. The van der Waals surface area contributed by atoms with E-state index in [2.05, 4.69) is 9.71 Å². The van der Waals surface area contributed by atoms with Gasteiger partial charge in [-0.3, -0.25) is 0 Å². The smallest absolute Gasteiger partial charge is 0.250 e. The Morgan fingerprint density at radius 1 is 1.24 bits per heavy atom. The van der Waals surface area contributed by atoms with E-state index in [1.54, 1.807) is 35.8 Å². The molecule has 0 atom stereocenters. The van der Waals surface area contributed by atoms with Gasteiger partial charge in [0.1, 0.15) is 15.9 Å². The van der Waals surface area contributed by atoms with Gasteiger partial charge in [-0.1, -0.05) is 18.2 Å². The fourth-order valence-corrected chi connectivity index (χ4v) is 4.55. The van der Waals surface area contributed by atoms with Crippen LogP contribution in [0.25, 0.3) is 0 Å². The number of sulfonamides is 1. The molecule has 1 aromatic carbocycles. The fourth-order valence-electron chi connectivity index (χ4n) is 2.48. The SMILES string of the molecule is Cc1cnc(CCNS(=O)(=O)c2cccs2)n1Cc1ccc(F)cc1. The van der Waals surface area contributed by atoms with Crippen LogP contribution in [0, 0.1) is 12.7 Å². The van der Waals surface area contributed by atoms with Crippen molar-refractivity contribution in [2.45, 2.75) is 24.1 Å². The molecule has 0 aliphatic carbocycles. The van der Waals surface area contributed by atoms with Crippen molar-refractivity contribution in [3.05, 3.63) is 70.9 Å². The molecule has 5 nitrogen and oxygen atoms in total. The minimum atomic E-state index is -3.47. The molecule has 2 heterocycles. The summed E-state index contributed by atoms with van der Waals surface area (Å²) in [6.45, 7) is 2.77. The monoisotopic (exact) mass is 379 g/mol. The summed E-state index contributed by atoms with van der Waals surface area (Å²) in [7, 11) is -3.47. The van der Waals surface area contributed by atoms with Crippen LogP contribution < -0.4 is 4.72 Å². The number of nitrogens with one attached hydrogen (secondary N) is 1. The number of benzene rings is 1. The Hall–Kier alpha value is -2.03. The van der Waals surface area contributed by atoms with Crippen LogP contribution in [0.4, 0.5) is 4.39 Å². The maximum absolute atomic E-state index is 13.0. The maximum atomic E-state index is 13.0. The van der Waals surface area contributed by atoms with Gasteiger partial charge in [-0.15, -0.1) is 11.3 Å². The van der Waals surface area contributed by atoms with Crippen molar-refractivity contribution in [2.24, 2.45) is 0 Å². The Balaban J connectivity index is 1.66. The van der Waals surface area contributed by atoms with Crippen molar-refractivity contribution in [2.75, 3.05) is 6.54 Å². The summed E-state index contributed by atoms with van der Waals surface area (Å²) in [5.41, 5.74) is 1.93. The molecule has 3 rings (SSSR count). The molecule has 0 bridgehead atoms. The third kappa shape index (κ3) is 4.33. The van der Waals surface area contributed by atoms with Crippen molar-refractivity contribution < 1.29 is 12.8 Å². The van der Waals surface area contributed by atoms with E-state index in [9.17, 15) is 12.8 Å². The summed E-state index contributed by atoms with van der Waals surface area (Å²) < 4.78 is 42.2. The molecule has 3 aromatic rings. The van der Waals surface area contributed by atoms with Gasteiger partial charge in [-0.25, -0.2) is 22.5 Å². The van der Waals surface area contributed by atoms with Crippen LogP contribution in [0.15, 0.2) is 52.2 Å².